The van der Waals surface area contributed by atoms with E-state index < -0.39 is 0 Å². The Balaban J connectivity index is 2.42. The minimum absolute atomic E-state index is 0.000451. The molecule has 0 aliphatic heterocycles. The predicted molar refractivity (Wildman–Crippen MR) is 89.4 cm³/mol. The second-order valence-corrected chi connectivity index (χ2v) is 5.32. The first-order chi connectivity index (χ1) is 11.5. The molecule has 2 amide bonds. The maximum atomic E-state index is 12.2. The molecular formula is C16H23N5O3. The topological polar surface area (TPSA) is 98.6 Å². The van der Waals surface area contributed by atoms with Gasteiger partial charge in [-0.2, -0.15) is 5.26 Å². The highest BCUT2D eigenvalue weighted by molar-refractivity contribution is 5.86. The van der Waals surface area contributed by atoms with E-state index in [-0.39, 0.29) is 24.9 Å². The fraction of sp³-hybridized carbons (Fsp3) is 0.500. The second kappa shape index (κ2) is 10.2. The fourth-order valence-electron chi connectivity index (χ4n) is 1.89. The van der Waals surface area contributed by atoms with Crippen molar-refractivity contribution in [1.29, 1.82) is 5.26 Å². The summed E-state index contributed by atoms with van der Waals surface area (Å²) in [4.78, 5) is 31.1. The number of aromatic nitrogens is 1. The summed E-state index contributed by atoms with van der Waals surface area (Å²) in [5, 5.41) is 11.5. The molecule has 1 aromatic rings. The maximum Gasteiger partial charge on any atom is 0.242 e. The third-order valence-corrected chi connectivity index (χ3v) is 3.29. The van der Waals surface area contributed by atoms with Gasteiger partial charge in [-0.05, 0) is 18.6 Å². The zero-order valence-electron chi connectivity index (χ0n) is 14.3. The summed E-state index contributed by atoms with van der Waals surface area (Å²) in [5.74, 6) is 0.177. The molecule has 8 nitrogen and oxygen atoms in total. The van der Waals surface area contributed by atoms with Crippen molar-refractivity contribution in [1.82, 2.24) is 15.2 Å². The molecule has 0 bridgehead atoms. The van der Waals surface area contributed by atoms with E-state index >= 15 is 0 Å². The van der Waals surface area contributed by atoms with Gasteiger partial charge in [0.15, 0.2) is 0 Å². The van der Waals surface area contributed by atoms with Gasteiger partial charge in [0.1, 0.15) is 11.9 Å². The van der Waals surface area contributed by atoms with Gasteiger partial charge in [0.25, 0.3) is 0 Å². The summed E-state index contributed by atoms with van der Waals surface area (Å²) in [5.41, 5.74) is 0.459. The third-order valence-electron chi connectivity index (χ3n) is 3.29. The van der Waals surface area contributed by atoms with Gasteiger partial charge in [0.2, 0.25) is 11.8 Å². The number of nitrogens with one attached hydrogen (secondary N) is 1. The van der Waals surface area contributed by atoms with Gasteiger partial charge in [-0.15, -0.1) is 0 Å². The average Bonchev–Trinajstić information content (AvgIpc) is 2.58. The van der Waals surface area contributed by atoms with Gasteiger partial charge in [-0.25, -0.2) is 4.98 Å². The zero-order chi connectivity index (χ0) is 17.9. The lowest BCUT2D eigenvalue weighted by molar-refractivity contribution is -0.133. The molecule has 8 heteroatoms. The number of nitriles is 1. The van der Waals surface area contributed by atoms with Crippen LogP contribution in [-0.4, -0.2) is 69.1 Å². The zero-order valence-corrected chi connectivity index (χ0v) is 14.3. The van der Waals surface area contributed by atoms with Crippen LogP contribution in [0.5, 0.6) is 0 Å². The lowest BCUT2D eigenvalue weighted by Gasteiger charge is -2.22. The lowest BCUT2D eigenvalue weighted by Crippen LogP contribution is -2.42. The van der Waals surface area contributed by atoms with Crippen molar-refractivity contribution in [2.45, 2.75) is 6.42 Å². The molecular weight excluding hydrogens is 310 g/mol. The van der Waals surface area contributed by atoms with Gasteiger partial charge in [0, 0.05) is 40.6 Å². The molecule has 1 heterocycles. The van der Waals surface area contributed by atoms with Gasteiger partial charge in [-0.1, -0.05) is 0 Å². The van der Waals surface area contributed by atoms with E-state index in [0.29, 0.717) is 24.5 Å². The highest BCUT2D eigenvalue weighted by Gasteiger charge is 2.15. The van der Waals surface area contributed by atoms with Crippen LogP contribution in [0.25, 0.3) is 0 Å². The van der Waals surface area contributed by atoms with Crippen LogP contribution in [0, 0.1) is 11.3 Å². The lowest BCUT2D eigenvalue weighted by atomic mass is 10.3. The van der Waals surface area contributed by atoms with E-state index in [4.69, 9.17) is 10.00 Å². The van der Waals surface area contributed by atoms with Gasteiger partial charge in [-0.3, -0.25) is 9.59 Å². The molecule has 24 heavy (non-hydrogen) atoms. The van der Waals surface area contributed by atoms with Crippen molar-refractivity contribution >= 4 is 17.6 Å². The number of ether oxygens (including phenoxy) is 1. The summed E-state index contributed by atoms with van der Waals surface area (Å²) >= 11 is 0. The molecule has 0 aliphatic rings. The van der Waals surface area contributed by atoms with Gasteiger partial charge >= 0.3 is 0 Å². The number of carbonyl (C=O) groups is 2. The summed E-state index contributed by atoms with van der Waals surface area (Å²) in [6.07, 6.45) is 2.18. The van der Waals surface area contributed by atoms with Crippen LogP contribution in [0.15, 0.2) is 18.3 Å². The Labute approximate surface area is 142 Å². The number of likely N-dealkylation sites (N-methyl/N-ethyl adjacent to an activating group) is 2. The van der Waals surface area contributed by atoms with Gasteiger partial charge < -0.3 is 19.9 Å². The standard InChI is InChI=1S/C16H23N5O3/c1-20(14-6-5-13(9-17)10-19-14)12-16(23)21(2)11-15(22)18-7-4-8-24-3/h5-6,10H,4,7-8,11-12H2,1-3H3,(H,18,22). The number of hydrogen-bond acceptors (Lipinski definition) is 6. The SMILES string of the molecule is COCCCNC(=O)CN(C)C(=O)CN(C)c1ccc(C#N)cn1. The first-order valence-electron chi connectivity index (χ1n) is 7.54. The third kappa shape index (κ3) is 6.62. The van der Waals surface area contributed by atoms with Crippen LogP contribution < -0.4 is 10.2 Å². The number of nitrogens with zero attached hydrogens (tertiary/aromatic N) is 4. The molecule has 0 unspecified atom stereocenters. The number of pyridine rings is 1. The Morgan fingerprint density at radius 1 is 1.33 bits per heavy atom. The molecule has 0 saturated carbocycles. The van der Waals surface area contributed by atoms with E-state index in [1.807, 2.05) is 6.07 Å². The average molecular weight is 333 g/mol. The monoisotopic (exact) mass is 333 g/mol. The minimum atomic E-state index is -0.207. The number of hydrogen-bond donors (Lipinski definition) is 1. The molecule has 0 radical (unpaired) electrons. The normalized spacial score (nSPS) is 9.92. The minimum Gasteiger partial charge on any atom is -0.385 e. The first kappa shape index (κ1) is 19.4. The van der Waals surface area contributed by atoms with E-state index in [0.717, 1.165) is 6.42 Å². The van der Waals surface area contributed by atoms with Gasteiger partial charge in [0.05, 0.1) is 18.7 Å². The fourth-order valence-corrected chi connectivity index (χ4v) is 1.89. The van der Waals surface area contributed by atoms with Crippen LogP contribution in [0.2, 0.25) is 0 Å². The summed E-state index contributed by atoms with van der Waals surface area (Å²) in [6.45, 7) is 1.19. The Morgan fingerprint density at radius 3 is 2.67 bits per heavy atom. The summed E-state index contributed by atoms with van der Waals surface area (Å²) in [7, 11) is 4.91. The van der Waals surface area contributed by atoms with Crippen LogP contribution >= 0.6 is 0 Å². The first-order valence-corrected chi connectivity index (χ1v) is 7.54. The van der Waals surface area contributed by atoms with E-state index in [1.54, 1.807) is 38.2 Å². The predicted octanol–water partition coefficient (Wildman–Crippen LogP) is 0.000580. The quantitative estimate of drug-likeness (QED) is 0.639. The maximum absolute atomic E-state index is 12.2. The highest BCUT2D eigenvalue weighted by Crippen LogP contribution is 2.09. The smallest absolute Gasteiger partial charge is 0.242 e. The van der Waals surface area contributed by atoms with Crippen LogP contribution in [-0.2, 0) is 14.3 Å². The van der Waals surface area contributed by atoms with E-state index in [2.05, 4.69) is 10.3 Å². The number of carbonyl (C=O) groups excluding carboxylic acids is 2. The molecule has 130 valence electrons. The van der Waals surface area contributed by atoms with Crippen molar-refractivity contribution in [3.05, 3.63) is 23.9 Å². The highest BCUT2D eigenvalue weighted by atomic mass is 16.5. The molecule has 0 fully saturated rings. The Bertz CT molecular complexity index is 582. The van der Waals surface area contributed by atoms with Crippen LogP contribution in [0.3, 0.4) is 0 Å². The summed E-state index contributed by atoms with van der Waals surface area (Å²) in [6, 6.07) is 5.30. The van der Waals surface area contributed by atoms with Crippen molar-refractivity contribution in [3.8, 4) is 6.07 Å². The number of methoxy groups -OCH3 is 1. The molecule has 1 N–H and O–H groups in total. The van der Waals surface area contributed by atoms with Crippen LogP contribution in [0.1, 0.15) is 12.0 Å². The number of rotatable bonds is 9. The molecule has 1 aromatic heterocycles. The Morgan fingerprint density at radius 2 is 2.08 bits per heavy atom. The van der Waals surface area contributed by atoms with Crippen molar-refractivity contribution < 1.29 is 14.3 Å². The molecule has 0 saturated heterocycles. The molecule has 0 aromatic carbocycles. The van der Waals surface area contributed by atoms with Crippen molar-refractivity contribution in [2.24, 2.45) is 0 Å². The number of amides is 2. The second-order valence-electron chi connectivity index (χ2n) is 5.32. The van der Waals surface area contributed by atoms with E-state index in [1.165, 1.54) is 11.1 Å². The number of anilines is 1. The van der Waals surface area contributed by atoms with E-state index in [9.17, 15) is 9.59 Å². The largest absolute Gasteiger partial charge is 0.385 e. The van der Waals surface area contributed by atoms with Crippen molar-refractivity contribution in [2.75, 3.05) is 52.3 Å². The molecule has 0 atom stereocenters. The van der Waals surface area contributed by atoms with Crippen LogP contribution in [0.4, 0.5) is 5.82 Å². The molecule has 0 spiro atoms. The molecule has 0 aliphatic carbocycles. The Kier molecular flexibility index (Phi) is 8.22. The van der Waals surface area contributed by atoms with Crippen molar-refractivity contribution in [3.63, 3.8) is 0 Å². The Hall–Kier alpha value is -2.66. The summed E-state index contributed by atoms with van der Waals surface area (Å²) < 4.78 is 4.90. The molecule has 1 rings (SSSR count).